The monoisotopic (exact) mass is 347 g/mol. The average Bonchev–Trinajstić information content (AvgIpc) is 2.69. The third-order valence-corrected chi connectivity index (χ3v) is 4.97. The first-order valence-corrected chi connectivity index (χ1v) is 9.13. The minimum Gasteiger partial charge on any atom is -0.298 e. The number of rotatable bonds is 4. The van der Waals surface area contributed by atoms with Crippen molar-refractivity contribution >= 4 is 0 Å². The Balaban J connectivity index is 1.57. The van der Waals surface area contributed by atoms with Crippen molar-refractivity contribution in [3.05, 3.63) is 84.1 Å². The van der Waals surface area contributed by atoms with Crippen molar-refractivity contribution in [2.24, 2.45) is 0 Å². The van der Waals surface area contributed by atoms with Gasteiger partial charge in [0.1, 0.15) is 5.82 Å². The third-order valence-electron chi connectivity index (χ3n) is 4.97. The van der Waals surface area contributed by atoms with Crippen LogP contribution in [0.3, 0.4) is 0 Å². The first-order valence-electron chi connectivity index (χ1n) is 9.13. The Kier molecular flexibility index (Phi) is 5.02. The van der Waals surface area contributed by atoms with E-state index in [1.807, 2.05) is 12.1 Å². The number of benzene rings is 2. The second kappa shape index (κ2) is 7.75. The summed E-state index contributed by atoms with van der Waals surface area (Å²) in [5.74, 6) is 0.0767. The van der Waals surface area contributed by atoms with E-state index in [0.29, 0.717) is 5.92 Å². The van der Waals surface area contributed by atoms with Gasteiger partial charge in [-0.05, 0) is 37.1 Å². The topological polar surface area (TPSA) is 29.0 Å². The smallest absolute Gasteiger partial charge is 0.123 e. The van der Waals surface area contributed by atoms with Crippen molar-refractivity contribution in [1.29, 1.82) is 0 Å². The van der Waals surface area contributed by atoms with E-state index in [2.05, 4.69) is 39.1 Å². The Morgan fingerprint density at radius 2 is 1.85 bits per heavy atom. The van der Waals surface area contributed by atoms with Gasteiger partial charge in [0.2, 0.25) is 0 Å². The molecule has 0 bridgehead atoms. The fourth-order valence-electron chi connectivity index (χ4n) is 3.77. The second-order valence-corrected chi connectivity index (χ2v) is 6.86. The van der Waals surface area contributed by atoms with E-state index in [1.54, 1.807) is 18.5 Å². The Labute approximate surface area is 153 Å². The van der Waals surface area contributed by atoms with Crippen molar-refractivity contribution in [3.63, 3.8) is 0 Å². The summed E-state index contributed by atoms with van der Waals surface area (Å²) >= 11 is 0. The lowest BCUT2D eigenvalue weighted by Crippen LogP contribution is -2.34. The number of piperidine rings is 1. The van der Waals surface area contributed by atoms with E-state index in [9.17, 15) is 4.39 Å². The van der Waals surface area contributed by atoms with E-state index < -0.39 is 0 Å². The summed E-state index contributed by atoms with van der Waals surface area (Å²) in [5.41, 5.74) is 3.92. The van der Waals surface area contributed by atoms with Gasteiger partial charge in [-0.25, -0.2) is 4.39 Å². The quantitative estimate of drug-likeness (QED) is 0.687. The highest BCUT2D eigenvalue weighted by Gasteiger charge is 2.25. The zero-order chi connectivity index (χ0) is 17.8. The standard InChI is InChI=1S/C22H22FN3/c23-20-10-4-8-18(14-20)21-22(25-12-11-24-21)19-9-5-13-26(16-19)15-17-6-2-1-3-7-17/h1-4,6-8,10-12,14,19H,5,9,13,15-16H2/t19-/m0/s1. The molecule has 26 heavy (non-hydrogen) atoms. The summed E-state index contributed by atoms with van der Waals surface area (Å²) in [5, 5.41) is 0. The molecule has 0 unspecified atom stereocenters. The first-order chi connectivity index (χ1) is 12.8. The van der Waals surface area contributed by atoms with Crippen LogP contribution in [0.25, 0.3) is 11.3 Å². The van der Waals surface area contributed by atoms with Crippen molar-refractivity contribution < 1.29 is 4.39 Å². The predicted molar refractivity (Wildman–Crippen MR) is 101 cm³/mol. The molecule has 1 aliphatic heterocycles. The molecule has 0 aliphatic carbocycles. The van der Waals surface area contributed by atoms with Crippen LogP contribution < -0.4 is 0 Å². The SMILES string of the molecule is Fc1cccc(-c2nccnc2[C@H]2CCCN(Cc3ccccc3)C2)c1. The minimum absolute atomic E-state index is 0.242. The molecule has 3 nitrogen and oxygen atoms in total. The van der Waals surface area contributed by atoms with Crippen LogP contribution in [0.15, 0.2) is 67.0 Å². The van der Waals surface area contributed by atoms with Crippen LogP contribution in [0.4, 0.5) is 4.39 Å². The summed E-state index contributed by atoms with van der Waals surface area (Å²) in [6.45, 7) is 3.00. The molecule has 3 aromatic rings. The molecular weight excluding hydrogens is 325 g/mol. The fraction of sp³-hybridized carbons (Fsp3) is 0.273. The molecule has 1 saturated heterocycles. The predicted octanol–water partition coefficient (Wildman–Crippen LogP) is 4.66. The highest BCUT2D eigenvalue weighted by Crippen LogP contribution is 2.32. The lowest BCUT2D eigenvalue weighted by molar-refractivity contribution is 0.198. The summed E-state index contributed by atoms with van der Waals surface area (Å²) < 4.78 is 13.7. The highest BCUT2D eigenvalue weighted by atomic mass is 19.1. The van der Waals surface area contributed by atoms with Crippen LogP contribution in [0.5, 0.6) is 0 Å². The Morgan fingerprint density at radius 1 is 1.00 bits per heavy atom. The summed E-state index contributed by atoms with van der Waals surface area (Å²) in [6.07, 6.45) is 5.66. The molecule has 4 heteroatoms. The number of likely N-dealkylation sites (tertiary alicyclic amines) is 1. The van der Waals surface area contributed by atoms with Crippen LogP contribution in [0.2, 0.25) is 0 Å². The molecule has 0 radical (unpaired) electrons. The van der Waals surface area contributed by atoms with Crippen molar-refractivity contribution in [3.8, 4) is 11.3 Å². The Morgan fingerprint density at radius 3 is 2.69 bits per heavy atom. The van der Waals surface area contributed by atoms with Crippen LogP contribution in [-0.2, 0) is 6.54 Å². The summed E-state index contributed by atoms with van der Waals surface area (Å²) in [6, 6.07) is 17.2. The molecule has 0 spiro atoms. The normalized spacial score (nSPS) is 18.0. The molecule has 4 rings (SSSR count). The van der Waals surface area contributed by atoms with Gasteiger partial charge < -0.3 is 0 Å². The Hall–Kier alpha value is -2.59. The molecule has 1 aromatic heterocycles. The zero-order valence-electron chi connectivity index (χ0n) is 14.7. The van der Waals surface area contributed by atoms with Gasteiger partial charge in [-0.1, -0.05) is 42.5 Å². The molecular formula is C22H22FN3. The number of aromatic nitrogens is 2. The van der Waals surface area contributed by atoms with Gasteiger partial charge in [0.15, 0.2) is 0 Å². The number of halogens is 1. The van der Waals surface area contributed by atoms with Gasteiger partial charge in [-0.15, -0.1) is 0 Å². The fourth-order valence-corrected chi connectivity index (χ4v) is 3.77. The van der Waals surface area contributed by atoms with Gasteiger partial charge in [-0.2, -0.15) is 0 Å². The molecule has 0 amide bonds. The van der Waals surface area contributed by atoms with Crippen molar-refractivity contribution in [2.75, 3.05) is 13.1 Å². The lowest BCUT2D eigenvalue weighted by Gasteiger charge is -2.33. The molecule has 0 N–H and O–H groups in total. The van der Waals surface area contributed by atoms with E-state index in [4.69, 9.17) is 0 Å². The van der Waals surface area contributed by atoms with Crippen molar-refractivity contribution in [2.45, 2.75) is 25.3 Å². The maximum absolute atomic E-state index is 13.7. The van der Waals surface area contributed by atoms with E-state index in [1.165, 1.54) is 17.7 Å². The van der Waals surface area contributed by atoms with Crippen molar-refractivity contribution in [1.82, 2.24) is 14.9 Å². The molecule has 2 heterocycles. The molecule has 1 atom stereocenters. The van der Waals surface area contributed by atoms with Crippen LogP contribution in [-0.4, -0.2) is 28.0 Å². The van der Waals surface area contributed by atoms with Gasteiger partial charge >= 0.3 is 0 Å². The van der Waals surface area contributed by atoms with Crippen LogP contribution >= 0.6 is 0 Å². The lowest BCUT2D eigenvalue weighted by atomic mass is 9.91. The van der Waals surface area contributed by atoms with E-state index >= 15 is 0 Å². The number of hydrogen-bond acceptors (Lipinski definition) is 3. The molecule has 1 fully saturated rings. The minimum atomic E-state index is -0.242. The largest absolute Gasteiger partial charge is 0.298 e. The van der Waals surface area contributed by atoms with Gasteiger partial charge in [0, 0.05) is 37.0 Å². The first kappa shape index (κ1) is 16.9. The number of hydrogen-bond donors (Lipinski definition) is 0. The maximum atomic E-state index is 13.7. The van der Waals surface area contributed by atoms with E-state index in [-0.39, 0.29) is 5.82 Å². The Bertz CT molecular complexity index is 866. The summed E-state index contributed by atoms with van der Waals surface area (Å²) in [7, 11) is 0. The molecule has 132 valence electrons. The average molecular weight is 347 g/mol. The van der Waals surface area contributed by atoms with Gasteiger partial charge in [0.05, 0.1) is 11.4 Å². The second-order valence-electron chi connectivity index (χ2n) is 6.86. The highest BCUT2D eigenvalue weighted by molar-refractivity contribution is 5.62. The molecule has 1 aliphatic rings. The van der Waals surface area contributed by atoms with Crippen LogP contribution in [0, 0.1) is 5.82 Å². The maximum Gasteiger partial charge on any atom is 0.123 e. The zero-order valence-corrected chi connectivity index (χ0v) is 14.7. The van der Waals surface area contributed by atoms with Crippen LogP contribution in [0.1, 0.15) is 30.0 Å². The van der Waals surface area contributed by atoms with E-state index in [0.717, 1.165) is 49.4 Å². The molecule has 2 aromatic carbocycles. The molecule has 0 saturated carbocycles. The summed E-state index contributed by atoms with van der Waals surface area (Å²) in [4.78, 5) is 11.6. The third kappa shape index (κ3) is 3.81. The number of nitrogens with zero attached hydrogens (tertiary/aromatic N) is 3. The van der Waals surface area contributed by atoms with Gasteiger partial charge in [0.25, 0.3) is 0 Å². The van der Waals surface area contributed by atoms with Gasteiger partial charge in [-0.3, -0.25) is 14.9 Å².